The fraction of sp³-hybridized carbons (Fsp3) is 0.786. The predicted molar refractivity (Wildman–Crippen MR) is 78.0 cm³/mol. The second kappa shape index (κ2) is 6.64. The van der Waals surface area contributed by atoms with Crippen LogP contribution in [0.4, 0.5) is 0 Å². The molecule has 1 fully saturated rings. The van der Waals surface area contributed by atoms with E-state index in [4.69, 9.17) is 0 Å². The van der Waals surface area contributed by atoms with Gasteiger partial charge in [0.25, 0.3) is 0 Å². The highest BCUT2D eigenvalue weighted by Crippen LogP contribution is 2.30. The normalized spacial score (nSPS) is 24.3. The summed E-state index contributed by atoms with van der Waals surface area (Å²) in [4.78, 5) is 4.50. The largest absolute Gasteiger partial charge is 0.316 e. The lowest BCUT2D eigenvalue weighted by atomic mass is 9.77. The summed E-state index contributed by atoms with van der Waals surface area (Å²) in [6.45, 7) is 8.75. The Morgan fingerprint density at radius 3 is 3.06 bits per heavy atom. The average molecular weight is 267 g/mol. The molecule has 1 unspecified atom stereocenters. The summed E-state index contributed by atoms with van der Waals surface area (Å²) in [5.41, 5.74) is 1.61. The first kappa shape index (κ1) is 14.0. The van der Waals surface area contributed by atoms with Gasteiger partial charge in [-0.15, -0.1) is 11.3 Å². The van der Waals surface area contributed by atoms with E-state index in [0.29, 0.717) is 5.41 Å². The summed E-state index contributed by atoms with van der Waals surface area (Å²) in [6, 6.07) is 0. The number of aryl methyl sites for hydroxylation is 1. The third kappa shape index (κ3) is 3.77. The summed E-state index contributed by atoms with van der Waals surface area (Å²) in [5.74, 6) is 0. The van der Waals surface area contributed by atoms with Gasteiger partial charge in [0.05, 0.1) is 0 Å². The van der Waals surface area contributed by atoms with Crippen molar-refractivity contribution < 1.29 is 0 Å². The first-order valence-electron chi connectivity index (χ1n) is 7.06. The van der Waals surface area contributed by atoms with E-state index in [1.807, 2.05) is 0 Å². The minimum absolute atomic E-state index is 0.472. The Morgan fingerprint density at radius 1 is 1.56 bits per heavy atom. The fourth-order valence-corrected chi connectivity index (χ4v) is 3.67. The lowest BCUT2D eigenvalue weighted by molar-refractivity contribution is 0.182. The monoisotopic (exact) mass is 267 g/mol. The minimum atomic E-state index is 0.472. The van der Waals surface area contributed by atoms with Crippen molar-refractivity contribution in [2.24, 2.45) is 5.41 Å². The van der Waals surface area contributed by atoms with Crippen molar-refractivity contribution in [2.75, 3.05) is 19.6 Å². The first-order valence-corrected chi connectivity index (χ1v) is 7.94. The van der Waals surface area contributed by atoms with Crippen molar-refractivity contribution >= 4 is 11.3 Å². The van der Waals surface area contributed by atoms with Gasteiger partial charge in [-0.1, -0.05) is 13.3 Å². The third-order valence-electron chi connectivity index (χ3n) is 3.78. The Balaban J connectivity index is 1.82. The molecule has 1 aliphatic rings. The van der Waals surface area contributed by atoms with E-state index in [1.54, 1.807) is 11.3 Å². The Kier molecular flexibility index (Phi) is 5.15. The first-order chi connectivity index (χ1) is 8.74. The summed E-state index contributed by atoms with van der Waals surface area (Å²) >= 11 is 1.76. The second-order valence-corrected chi connectivity index (χ2v) is 6.46. The van der Waals surface area contributed by atoms with E-state index in [1.165, 1.54) is 43.8 Å². The number of aromatic nitrogens is 1. The van der Waals surface area contributed by atoms with E-state index in [-0.39, 0.29) is 0 Å². The van der Waals surface area contributed by atoms with Crippen LogP contribution in [0.2, 0.25) is 0 Å². The highest BCUT2D eigenvalue weighted by Gasteiger charge is 2.30. The quantitative estimate of drug-likeness (QED) is 0.832. The average Bonchev–Trinajstić information content (AvgIpc) is 2.77. The van der Waals surface area contributed by atoms with Gasteiger partial charge in [0.15, 0.2) is 0 Å². The number of nitrogens with zero attached hydrogens (tertiary/aromatic N) is 1. The van der Waals surface area contributed by atoms with Crippen LogP contribution in [0.25, 0.3) is 0 Å². The van der Waals surface area contributed by atoms with Gasteiger partial charge in [0.2, 0.25) is 0 Å². The molecule has 0 radical (unpaired) electrons. The maximum atomic E-state index is 4.50. The van der Waals surface area contributed by atoms with E-state index in [9.17, 15) is 0 Å². The summed E-state index contributed by atoms with van der Waals surface area (Å²) in [5, 5.41) is 10.5. The molecule has 1 aliphatic heterocycles. The zero-order valence-corrected chi connectivity index (χ0v) is 12.4. The van der Waals surface area contributed by atoms with Crippen LogP contribution in [0.1, 0.15) is 43.3 Å². The van der Waals surface area contributed by atoms with E-state index < -0.39 is 0 Å². The highest BCUT2D eigenvalue weighted by atomic mass is 32.1. The molecule has 2 N–H and O–H groups in total. The molecule has 1 aromatic heterocycles. The van der Waals surface area contributed by atoms with Crippen molar-refractivity contribution in [3.8, 4) is 0 Å². The molecule has 2 rings (SSSR count). The summed E-state index contributed by atoms with van der Waals surface area (Å²) in [6.07, 6.45) is 5.28. The molecular formula is C14H25N3S. The smallest absolute Gasteiger partial charge is 0.107 e. The number of thiazole rings is 1. The van der Waals surface area contributed by atoms with Crippen LogP contribution in [0, 0.1) is 12.3 Å². The Hall–Kier alpha value is -0.450. The molecule has 2 heterocycles. The van der Waals surface area contributed by atoms with Crippen LogP contribution < -0.4 is 10.6 Å². The zero-order chi connectivity index (χ0) is 12.8. The van der Waals surface area contributed by atoms with Crippen molar-refractivity contribution in [1.82, 2.24) is 15.6 Å². The fourth-order valence-electron chi connectivity index (χ4n) is 2.93. The lowest BCUT2D eigenvalue weighted by Crippen LogP contribution is -2.46. The van der Waals surface area contributed by atoms with Crippen LogP contribution in [-0.2, 0) is 6.54 Å². The molecule has 0 bridgehead atoms. The number of nitrogens with one attached hydrogen (secondary N) is 2. The van der Waals surface area contributed by atoms with Crippen LogP contribution in [-0.4, -0.2) is 24.6 Å². The van der Waals surface area contributed by atoms with Gasteiger partial charge in [-0.05, 0) is 38.1 Å². The molecule has 0 aliphatic carbocycles. The zero-order valence-electron chi connectivity index (χ0n) is 11.6. The van der Waals surface area contributed by atoms with Gasteiger partial charge in [0, 0.05) is 30.7 Å². The number of hydrogen-bond acceptors (Lipinski definition) is 4. The molecule has 0 aromatic carbocycles. The summed E-state index contributed by atoms with van der Waals surface area (Å²) < 4.78 is 0. The molecule has 0 spiro atoms. The van der Waals surface area contributed by atoms with Gasteiger partial charge in [-0.25, -0.2) is 4.98 Å². The van der Waals surface area contributed by atoms with Crippen LogP contribution in [0.5, 0.6) is 0 Å². The minimum Gasteiger partial charge on any atom is -0.316 e. The Labute approximate surface area is 114 Å². The molecule has 0 amide bonds. The molecular weight excluding hydrogens is 242 g/mol. The molecule has 18 heavy (non-hydrogen) atoms. The van der Waals surface area contributed by atoms with Crippen molar-refractivity contribution in [3.63, 3.8) is 0 Å². The summed E-state index contributed by atoms with van der Waals surface area (Å²) in [7, 11) is 0. The van der Waals surface area contributed by atoms with Crippen molar-refractivity contribution in [1.29, 1.82) is 0 Å². The van der Waals surface area contributed by atoms with Crippen molar-refractivity contribution in [3.05, 3.63) is 16.1 Å². The number of piperidine rings is 1. The van der Waals surface area contributed by atoms with Crippen LogP contribution >= 0.6 is 11.3 Å². The van der Waals surface area contributed by atoms with Gasteiger partial charge >= 0.3 is 0 Å². The van der Waals surface area contributed by atoms with Gasteiger partial charge in [-0.3, -0.25) is 0 Å². The molecule has 1 saturated heterocycles. The third-order valence-corrected chi connectivity index (χ3v) is 4.75. The van der Waals surface area contributed by atoms with E-state index in [0.717, 1.165) is 18.8 Å². The Morgan fingerprint density at radius 2 is 2.44 bits per heavy atom. The number of rotatable bonds is 6. The van der Waals surface area contributed by atoms with Gasteiger partial charge < -0.3 is 10.6 Å². The standard InChI is InChI=1S/C14H25N3S/c1-3-5-14(6-4-7-15-10-14)11-16-8-13-17-12(2)9-18-13/h9,15-16H,3-8,10-11H2,1-2H3. The topological polar surface area (TPSA) is 37.0 Å². The SMILES string of the molecule is CCCC1(CNCc2nc(C)cs2)CCCNC1. The molecule has 4 heteroatoms. The van der Waals surface area contributed by atoms with E-state index in [2.05, 4.69) is 34.8 Å². The number of hydrogen-bond donors (Lipinski definition) is 2. The van der Waals surface area contributed by atoms with Crippen LogP contribution in [0.3, 0.4) is 0 Å². The molecule has 102 valence electrons. The van der Waals surface area contributed by atoms with Gasteiger partial charge in [-0.2, -0.15) is 0 Å². The Bertz CT molecular complexity index is 350. The molecule has 1 atom stereocenters. The predicted octanol–water partition coefficient (Wildman–Crippen LogP) is 2.71. The molecule has 0 saturated carbocycles. The lowest BCUT2D eigenvalue weighted by Gasteiger charge is -2.38. The molecule has 1 aromatic rings. The van der Waals surface area contributed by atoms with E-state index >= 15 is 0 Å². The van der Waals surface area contributed by atoms with Gasteiger partial charge in [0.1, 0.15) is 5.01 Å². The maximum Gasteiger partial charge on any atom is 0.107 e. The van der Waals surface area contributed by atoms with Crippen LogP contribution in [0.15, 0.2) is 5.38 Å². The maximum absolute atomic E-state index is 4.50. The highest BCUT2D eigenvalue weighted by molar-refractivity contribution is 7.09. The second-order valence-electron chi connectivity index (χ2n) is 5.52. The molecule has 3 nitrogen and oxygen atoms in total. The van der Waals surface area contributed by atoms with Crippen molar-refractivity contribution in [2.45, 2.75) is 46.1 Å².